The molecule has 3 rings (SSSR count). The predicted molar refractivity (Wildman–Crippen MR) is 88.1 cm³/mol. The van der Waals surface area contributed by atoms with Gasteiger partial charge in [-0.3, -0.25) is 9.59 Å². The first-order valence-corrected chi connectivity index (χ1v) is 8.66. The normalized spacial score (nSPS) is 25.6. The minimum Gasteiger partial charge on any atom is -0.481 e. The van der Waals surface area contributed by atoms with E-state index in [0.717, 1.165) is 25.7 Å². The summed E-state index contributed by atoms with van der Waals surface area (Å²) in [7, 11) is 0. The van der Waals surface area contributed by atoms with E-state index in [1.165, 1.54) is 5.56 Å². The molecule has 0 heterocycles. The third-order valence-electron chi connectivity index (χ3n) is 5.49. The molecule has 0 saturated heterocycles. The fourth-order valence-corrected chi connectivity index (χ4v) is 3.85. The average molecular weight is 315 g/mol. The minimum absolute atomic E-state index is 0.000343. The van der Waals surface area contributed by atoms with Gasteiger partial charge in [-0.15, -0.1) is 0 Å². The Bertz CT molecular complexity index is 563. The van der Waals surface area contributed by atoms with Gasteiger partial charge in [0.2, 0.25) is 5.91 Å². The van der Waals surface area contributed by atoms with E-state index in [1.54, 1.807) is 0 Å². The summed E-state index contributed by atoms with van der Waals surface area (Å²) in [6.07, 6.45) is 5.92. The van der Waals surface area contributed by atoms with Crippen molar-refractivity contribution in [1.82, 2.24) is 5.32 Å². The Morgan fingerprint density at radius 2 is 1.83 bits per heavy atom. The van der Waals surface area contributed by atoms with Crippen molar-refractivity contribution in [2.45, 2.75) is 50.9 Å². The SMILES string of the molecule is O=C(C[C@@H]1C[C@H]1c1ccccc1)NCC1(C(=O)O)CCCCC1. The van der Waals surface area contributed by atoms with Crippen molar-refractivity contribution in [3.8, 4) is 0 Å². The molecule has 2 aliphatic carbocycles. The molecule has 2 saturated carbocycles. The van der Waals surface area contributed by atoms with Crippen LogP contribution in [0.4, 0.5) is 0 Å². The minimum atomic E-state index is -0.758. The second-order valence-electron chi connectivity index (χ2n) is 7.14. The number of aliphatic carboxylic acids is 1. The zero-order valence-electron chi connectivity index (χ0n) is 13.5. The van der Waals surface area contributed by atoms with Gasteiger partial charge in [-0.2, -0.15) is 0 Å². The van der Waals surface area contributed by atoms with E-state index in [2.05, 4.69) is 17.4 Å². The van der Waals surface area contributed by atoms with E-state index in [4.69, 9.17) is 0 Å². The van der Waals surface area contributed by atoms with Crippen LogP contribution in [-0.2, 0) is 9.59 Å². The molecule has 0 spiro atoms. The fourth-order valence-electron chi connectivity index (χ4n) is 3.85. The van der Waals surface area contributed by atoms with E-state index < -0.39 is 11.4 Å². The Kier molecular flexibility index (Phi) is 4.69. The maximum absolute atomic E-state index is 12.2. The molecule has 2 fully saturated rings. The van der Waals surface area contributed by atoms with Crippen molar-refractivity contribution in [3.63, 3.8) is 0 Å². The van der Waals surface area contributed by atoms with Gasteiger partial charge in [0.15, 0.2) is 0 Å². The van der Waals surface area contributed by atoms with E-state index in [9.17, 15) is 14.7 Å². The molecule has 2 aliphatic rings. The molecule has 1 aromatic rings. The summed E-state index contributed by atoms with van der Waals surface area (Å²) in [5, 5.41) is 12.4. The molecule has 23 heavy (non-hydrogen) atoms. The van der Waals surface area contributed by atoms with Crippen LogP contribution in [0.5, 0.6) is 0 Å². The van der Waals surface area contributed by atoms with Gasteiger partial charge in [-0.05, 0) is 36.7 Å². The lowest BCUT2D eigenvalue weighted by Gasteiger charge is -2.33. The van der Waals surface area contributed by atoms with Crippen LogP contribution >= 0.6 is 0 Å². The lowest BCUT2D eigenvalue weighted by Crippen LogP contribution is -2.44. The number of carboxylic acid groups (broad SMARTS) is 1. The first-order valence-electron chi connectivity index (χ1n) is 8.66. The van der Waals surface area contributed by atoms with Crippen LogP contribution in [-0.4, -0.2) is 23.5 Å². The van der Waals surface area contributed by atoms with E-state index in [1.807, 2.05) is 18.2 Å². The quantitative estimate of drug-likeness (QED) is 0.846. The van der Waals surface area contributed by atoms with Crippen molar-refractivity contribution in [3.05, 3.63) is 35.9 Å². The zero-order chi connectivity index (χ0) is 16.3. The molecule has 4 heteroatoms. The van der Waals surface area contributed by atoms with Crippen LogP contribution in [0, 0.1) is 11.3 Å². The predicted octanol–water partition coefficient (Wildman–Crippen LogP) is 3.33. The van der Waals surface area contributed by atoms with Crippen molar-refractivity contribution >= 4 is 11.9 Å². The number of amides is 1. The largest absolute Gasteiger partial charge is 0.481 e. The van der Waals surface area contributed by atoms with Gasteiger partial charge in [0, 0.05) is 13.0 Å². The number of nitrogens with one attached hydrogen (secondary N) is 1. The molecular formula is C19H25NO3. The number of benzene rings is 1. The smallest absolute Gasteiger partial charge is 0.311 e. The number of carbonyl (C=O) groups excluding carboxylic acids is 1. The second kappa shape index (κ2) is 6.73. The average Bonchev–Trinajstić information content (AvgIpc) is 3.33. The first kappa shape index (κ1) is 16.0. The molecule has 124 valence electrons. The first-order chi connectivity index (χ1) is 11.1. The molecule has 2 N–H and O–H groups in total. The van der Waals surface area contributed by atoms with Crippen LogP contribution in [0.2, 0.25) is 0 Å². The van der Waals surface area contributed by atoms with Crippen molar-refractivity contribution in [2.24, 2.45) is 11.3 Å². The lowest BCUT2D eigenvalue weighted by molar-refractivity contribution is -0.151. The highest BCUT2D eigenvalue weighted by molar-refractivity contribution is 5.79. The van der Waals surface area contributed by atoms with Crippen molar-refractivity contribution in [1.29, 1.82) is 0 Å². The van der Waals surface area contributed by atoms with E-state index >= 15 is 0 Å². The van der Waals surface area contributed by atoms with E-state index in [-0.39, 0.29) is 12.5 Å². The molecule has 2 atom stereocenters. The van der Waals surface area contributed by atoms with Gasteiger partial charge in [0.25, 0.3) is 0 Å². The van der Waals surface area contributed by atoms with Gasteiger partial charge < -0.3 is 10.4 Å². The number of hydrogen-bond acceptors (Lipinski definition) is 2. The summed E-state index contributed by atoms with van der Waals surface area (Å²) in [6.45, 7) is 0.282. The van der Waals surface area contributed by atoms with Gasteiger partial charge in [0.05, 0.1) is 5.41 Å². The molecule has 0 unspecified atom stereocenters. The summed E-state index contributed by atoms with van der Waals surface area (Å²) in [6, 6.07) is 10.3. The molecule has 0 aliphatic heterocycles. The van der Waals surface area contributed by atoms with Crippen LogP contribution < -0.4 is 5.32 Å². The third-order valence-corrected chi connectivity index (χ3v) is 5.49. The number of carbonyl (C=O) groups is 2. The Morgan fingerprint density at radius 1 is 1.13 bits per heavy atom. The summed E-state index contributed by atoms with van der Waals surface area (Å²) in [4.78, 5) is 23.8. The Hall–Kier alpha value is -1.84. The van der Waals surface area contributed by atoms with Gasteiger partial charge in [-0.25, -0.2) is 0 Å². The standard InChI is InChI=1S/C19H25NO3/c21-17(12-15-11-16(15)14-7-3-1-4-8-14)20-13-19(18(22)23)9-5-2-6-10-19/h1,3-4,7-8,15-16H,2,5-6,9-13H2,(H,20,21)(H,22,23)/t15-,16-/m0/s1. The molecule has 0 radical (unpaired) electrons. The maximum atomic E-state index is 12.2. The van der Waals surface area contributed by atoms with Crippen molar-refractivity contribution < 1.29 is 14.7 Å². The molecule has 1 amide bonds. The highest BCUT2D eigenvalue weighted by Crippen LogP contribution is 2.49. The summed E-state index contributed by atoms with van der Waals surface area (Å²) in [5.74, 6) is 0.139. The molecule has 1 aromatic carbocycles. The molecule has 0 aromatic heterocycles. The monoisotopic (exact) mass is 315 g/mol. The Labute approximate surface area is 137 Å². The van der Waals surface area contributed by atoms with Gasteiger partial charge in [-0.1, -0.05) is 49.6 Å². The van der Waals surface area contributed by atoms with Crippen LogP contribution in [0.1, 0.15) is 56.4 Å². The molecular weight excluding hydrogens is 290 g/mol. The number of hydrogen-bond donors (Lipinski definition) is 2. The second-order valence-corrected chi connectivity index (χ2v) is 7.14. The highest BCUT2D eigenvalue weighted by atomic mass is 16.4. The van der Waals surface area contributed by atoms with Crippen LogP contribution in [0.15, 0.2) is 30.3 Å². The van der Waals surface area contributed by atoms with Gasteiger partial charge in [0.1, 0.15) is 0 Å². The van der Waals surface area contributed by atoms with Crippen LogP contribution in [0.25, 0.3) is 0 Å². The maximum Gasteiger partial charge on any atom is 0.311 e. The fraction of sp³-hybridized carbons (Fsp3) is 0.579. The van der Waals surface area contributed by atoms with Crippen LogP contribution in [0.3, 0.4) is 0 Å². The number of carboxylic acids is 1. The lowest BCUT2D eigenvalue weighted by atomic mass is 9.74. The Balaban J connectivity index is 1.48. The number of rotatable bonds is 6. The van der Waals surface area contributed by atoms with E-state index in [0.29, 0.717) is 31.1 Å². The Morgan fingerprint density at radius 3 is 2.48 bits per heavy atom. The zero-order valence-corrected chi connectivity index (χ0v) is 13.5. The highest BCUT2D eigenvalue weighted by Gasteiger charge is 2.42. The summed E-state index contributed by atoms with van der Waals surface area (Å²) in [5.41, 5.74) is 0.565. The topological polar surface area (TPSA) is 66.4 Å². The molecule has 0 bridgehead atoms. The van der Waals surface area contributed by atoms with Crippen molar-refractivity contribution in [2.75, 3.05) is 6.54 Å². The third kappa shape index (κ3) is 3.74. The summed E-state index contributed by atoms with van der Waals surface area (Å²) >= 11 is 0. The van der Waals surface area contributed by atoms with Gasteiger partial charge >= 0.3 is 5.97 Å². The molecule has 4 nitrogen and oxygen atoms in total. The summed E-state index contributed by atoms with van der Waals surface area (Å²) < 4.78 is 0.